The smallest absolute Gasteiger partial charge is 0.120 e. The number of nitrogen functional groups attached to an aromatic ring is 1. The van der Waals surface area contributed by atoms with Gasteiger partial charge in [0.25, 0.3) is 0 Å². The number of hydrogen-bond acceptors (Lipinski definition) is 4. The van der Waals surface area contributed by atoms with E-state index in [9.17, 15) is 4.21 Å². The monoisotopic (exact) mass is 271 g/mol. The second-order valence-corrected chi connectivity index (χ2v) is 5.27. The first kappa shape index (κ1) is 15.0. The van der Waals surface area contributed by atoms with E-state index in [-0.39, 0.29) is 0 Å². The van der Waals surface area contributed by atoms with Gasteiger partial charge >= 0.3 is 0 Å². The lowest BCUT2D eigenvalue weighted by Gasteiger charge is -2.09. The predicted molar refractivity (Wildman–Crippen MR) is 74.4 cm³/mol. The molecule has 0 saturated carbocycles. The molecule has 1 atom stereocenters. The van der Waals surface area contributed by atoms with Gasteiger partial charge < -0.3 is 15.2 Å². The van der Waals surface area contributed by atoms with Gasteiger partial charge in [-0.2, -0.15) is 0 Å². The summed E-state index contributed by atoms with van der Waals surface area (Å²) in [6.45, 7) is 5.76. The van der Waals surface area contributed by atoms with Crippen molar-refractivity contribution in [1.82, 2.24) is 0 Å². The molecule has 0 aliphatic rings. The Morgan fingerprint density at radius 1 is 1.28 bits per heavy atom. The molecule has 2 N–H and O–H groups in total. The molecule has 0 fully saturated rings. The van der Waals surface area contributed by atoms with E-state index in [1.54, 1.807) is 18.2 Å². The largest absolute Gasteiger partial charge is 0.494 e. The van der Waals surface area contributed by atoms with E-state index in [2.05, 4.69) is 0 Å². The lowest BCUT2D eigenvalue weighted by atomic mass is 10.3. The highest BCUT2D eigenvalue weighted by molar-refractivity contribution is 7.85. The normalized spacial score (nSPS) is 12.3. The van der Waals surface area contributed by atoms with Crippen molar-refractivity contribution >= 4 is 16.5 Å². The third-order valence-corrected chi connectivity index (χ3v) is 3.87. The Labute approximate surface area is 111 Å². The molecule has 0 spiro atoms. The van der Waals surface area contributed by atoms with Crippen molar-refractivity contribution < 1.29 is 13.7 Å². The highest BCUT2D eigenvalue weighted by Crippen LogP contribution is 2.23. The second kappa shape index (κ2) is 8.11. The van der Waals surface area contributed by atoms with Crippen molar-refractivity contribution in [3.8, 4) is 5.75 Å². The fourth-order valence-corrected chi connectivity index (χ4v) is 2.69. The fraction of sp³-hybridized carbons (Fsp3) is 0.538. The Morgan fingerprint density at radius 2 is 2.06 bits per heavy atom. The van der Waals surface area contributed by atoms with Gasteiger partial charge in [-0.05, 0) is 38.5 Å². The van der Waals surface area contributed by atoms with Crippen LogP contribution in [-0.4, -0.2) is 29.8 Å². The quantitative estimate of drug-likeness (QED) is 0.581. The summed E-state index contributed by atoms with van der Waals surface area (Å²) >= 11 is 0. The zero-order chi connectivity index (χ0) is 13.4. The van der Waals surface area contributed by atoms with Crippen LogP contribution in [0.4, 0.5) is 5.69 Å². The van der Waals surface area contributed by atoms with Crippen molar-refractivity contribution in [3.63, 3.8) is 0 Å². The summed E-state index contributed by atoms with van der Waals surface area (Å²) in [6, 6.07) is 5.29. The maximum Gasteiger partial charge on any atom is 0.120 e. The van der Waals surface area contributed by atoms with Crippen molar-refractivity contribution in [3.05, 3.63) is 18.2 Å². The number of anilines is 1. The molecule has 0 saturated heterocycles. The van der Waals surface area contributed by atoms with E-state index < -0.39 is 10.8 Å². The first-order valence-electron chi connectivity index (χ1n) is 6.17. The fourth-order valence-electron chi connectivity index (χ4n) is 1.51. The van der Waals surface area contributed by atoms with Gasteiger partial charge in [-0.3, -0.25) is 4.21 Å². The van der Waals surface area contributed by atoms with E-state index in [1.165, 1.54) is 0 Å². The molecular weight excluding hydrogens is 250 g/mol. The Bertz CT molecular complexity index is 396. The second-order valence-electron chi connectivity index (χ2n) is 3.73. The van der Waals surface area contributed by atoms with Crippen LogP contribution < -0.4 is 10.5 Å². The van der Waals surface area contributed by atoms with Crippen LogP contribution in [0.3, 0.4) is 0 Å². The molecule has 4 nitrogen and oxygen atoms in total. The number of nitrogens with two attached hydrogens (primary N) is 1. The summed E-state index contributed by atoms with van der Waals surface area (Å²) in [5.41, 5.74) is 6.39. The van der Waals surface area contributed by atoms with E-state index in [4.69, 9.17) is 15.2 Å². The van der Waals surface area contributed by atoms with E-state index in [1.807, 2.05) is 13.8 Å². The highest BCUT2D eigenvalue weighted by atomic mass is 32.2. The van der Waals surface area contributed by atoms with Gasteiger partial charge in [0.05, 0.1) is 22.3 Å². The molecule has 0 radical (unpaired) electrons. The van der Waals surface area contributed by atoms with Gasteiger partial charge in [-0.15, -0.1) is 0 Å². The third-order valence-electron chi connectivity index (χ3n) is 2.36. The van der Waals surface area contributed by atoms with Crippen molar-refractivity contribution in [2.45, 2.75) is 25.2 Å². The molecule has 18 heavy (non-hydrogen) atoms. The Balaban J connectivity index is 2.63. The maximum absolute atomic E-state index is 12.1. The number of benzene rings is 1. The molecule has 0 amide bonds. The minimum atomic E-state index is -1.10. The number of rotatable bonds is 8. The average molecular weight is 271 g/mol. The third kappa shape index (κ3) is 4.66. The summed E-state index contributed by atoms with van der Waals surface area (Å²) in [5, 5.41) is 0. The van der Waals surface area contributed by atoms with Crippen LogP contribution in [0.1, 0.15) is 20.3 Å². The van der Waals surface area contributed by atoms with Gasteiger partial charge in [-0.1, -0.05) is 0 Å². The molecule has 1 aromatic carbocycles. The van der Waals surface area contributed by atoms with Gasteiger partial charge in [0.15, 0.2) is 0 Å². The molecule has 5 heteroatoms. The molecular formula is C13H21NO3S. The highest BCUT2D eigenvalue weighted by Gasteiger charge is 2.09. The van der Waals surface area contributed by atoms with Crippen LogP contribution in [0, 0.1) is 0 Å². The lowest BCUT2D eigenvalue weighted by molar-refractivity contribution is 0.149. The lowest BCUT2D eigenvalue weighted by Crippen LogP contribution is -2.06. The SMILES string of the molecule is CCOCCCS(=O)c1cc(OCC)ccc1N. The van der Waals surface area contributed by atoms with Gasteiger partial charge in [-0.25, -0.2) is 0 Å². The van der Waals surface area contributed by atoms with Crippen molar-refractivity contribution in [1.29, 1.82) is 0 Å². The standard InChI is InChI=1S/C13H21NO3S/c1-3-16-8-5-9-18(15)13-10-11(17-4-2)6-7-12(13)14/h6-7,10H,3-5,8-9,14H2,1-2H3. The summed E-state index contributed by atoms with van der Waals surface area (Å²) < 4.78 is 22.7. The minimum Gasteiger partial charge on any atom is -0.494 e. The zero-order valence-corrected chi connectivity index (χ0v) is 11.8. The van der Waals surface area contributed by atoms with Crippen LogP contribution in [0.15, 0.2) is 23.1 Å². The van der Waals surface area contributed by atoms with Crippen LogP contribution >= 0.6 is 0 Å². The Hall–Kier alpha value is -1.07. The van der Waals surface area contributed by atoms with Crippen LogP contribution in [0.2, 0.25) is 0 Å². The number of ether oxygens (including phenoxy) is 2. The molecule has 1 aromatic rings. The van der Waals surface area contributed by atoms with Crippen LogP contribution in [-0.2, 0) is 15.5 Å². The zero-order valence-electron chi connectivity index (χ0n) is 11.0. The topological polar surface area (TPSA) is 61.5 Å². The molecule has 102 valence electrons. The molecule has 1 unspecified atom stereocenters. The summed E-state index contributed by atoms with van der Waals surface area (Å²) in [7, 11) is -1.10. The van der Waals surface area contributed by atoms with Crippen molar-refractivity contribution in [2.75, 3.05) is 31.3 Å². The first-order valence-corrected chi connectivity index (χ1v) is 7.49. The Morgan fingerprint density at radius 3 is 2.72 bits per heavy atom. The maximum atomic E-state index is 12.1. The minimum absolute atomic E-state index is 0.549. The molecule has 0 aromatic heterocycles. The molecule has 0 heterocycles. The summed E-state index contributed by atoms with van der Waals surface area (Å²) in [4.78, 5) is 0.650. The predicted octanol–water partition coefficient (Wildman–Crippen LogP) is 2.20. The first-order chi connectivity index (χ1) is 8.69. The molecule has 0 aliphatic heterocycles. The van der Waals surface area contributed by atoms with Gasteiger partial charge in [0.2, 0.25) is 0 Å². The molecule has 0 aliphatic carbocycles. The van der Waals surface area contributed by atoms with Crippen molar-refractivity contribution in [2.24, 2.45) is 0 Å². The molecule has 0 bridgehead atoms. The van der Waals surface area contributed by atoms with Crippen LogP contribution in [0.25, 0.3) is 0 Å². The van der Waals surface area contributed by atoms with E-state index >= 15 is 0 Å². The van der Waals surface area contributed by atoms with E-state index in [0.29, 0.717) is 41.9 Å². The van der Waals surface area contributed by atoms with Crippen LogP contribution in [0.5, 0.6) is 5.75 Å². The van der Waals surface area contributed by atoms with Gasteiger partial charge in [0, 0.05) is 24.7 Å². The Kier molecular flexibility index (Phi) is 6.75. The van der Waals surface area contributed by atoms with E-state index in [0.717, 1.165) is 6.42 Å². The molecule has 1 rings (SSSR count). The average Bonchev–Trinajstić information content (AvgIpc) is 2.37. The summed E-state index contributed by atoms with van der Waals surface area (Å²) in [5.74, 6) is 1.26. The summed E-state index contributed by atoms with van der Waals surface area (Å²) in [6.07, 6.45) is 0.763. The van der Waals surface area contributed by atoms with Gasteiger partial charge in [0.1, 0.15) is 5.75 Å². The number of hydrogen-bond donors (Lipinski definition) is 1.